The third kappa shape index (κ3) is 3.34. The number of hydrogen-bond donors (Lipinski definition) is 2. The molecule has 1 aromatic heterocycles. The quantitative estimate of drug-likeness (QED) is 0.619. The Morgan fingerprint density at radius 2 is 1.60 bits per heavy atom. The molecule has 7 heteroatoms. The Hall–Kier alpha value is -3.87. The predicted molar refractivity (Wildman–Crippen MR) is 109 cm³/mol. The number of urea groups is 1. The lowest BCUT2D eigenvalue weighted by molar-refractivity contribution is -0.134. The molecule has 1 aliphatic heterocycles. The molecule has 7 nitrogen and oxygen atoms in total. The average Bonchev–Trinajstić information content (AvgIpc) is 3.39. The van der Waals surface area contributed by atoms with Crippen molar-refractivity contribution in [3.63, 3.8) is 0 Å². The Morgan fingerprint density at radius 1 is 1.00 bits per heavy atom. The molecule has 2 heterocycles. The topological polar surface area (TPSA) is 91.7 Å². The number of nitrogens with zero attached hydrogens (tertiary/aromatic N) is 1. The molecule has 152 valence electrons. The molecule has 1 atom stereocenters. The third-order valence-corrected chi connectivity index (χ3v) is 5.17. The number of furan rings is 1. The summed E-state index contributed by atoms with van der Waals surface area (Å²) < 4.78 is 5.28. The van der Waals surface area contributed by atoms with Crippen LogP contribution in [-0.4, -0.2) is 29.3 Å². The van der Waals surface area contributed by atoms with E-state index in [4.69, 9.17) is 4.42 Å². The van der Waals surface area contributed by atoms with Gasteiger partial charge in [-0.15, -0.1) is 0 Å². The minimum atomic E-state index is -1.38. The first-order valence-electron chi connectivity index (χ1n) is 9.60. The van der Waals surface area contributed by atoms with Gasteiger partial charge in [0.2, 0.25) is 5.91 Å². The first kappa shape index (κ1) is 19.4. The van der Waals surface area contributed by atoms with Gasteiger partial charge in [0, 0.05) is 0 Å². The molecule has 30 heavy (non-hydrogen) atoms. The molecule has 0 aliphatic carbocycles. The van der Waals surface area contributed by atoms with E-state index in [0.717, 1.165) is 4.90 Å². The molecule has 0 unspecified atom stereocenters. The fourth-order valence-corrected chi connectivity index (χ4v) is 3.69. The molecule has 2 aromatic carbocycles. The van der Waals surface area contributed by atoms with Crippen LogP contribution in [0, 0.1) is 0 Å². The Morgan fingerprint density at radius 3 is 2.13 bits per heavy atom. The van der Waals surface area contributed by atoms with Crippen molar-refractivity contribution in [3.05, 3.63) is 95.9 Å². The van der Waals surface area contributed by atoms with E-state index in [1.54, 1.807) is 67.6 Å². The number of nitrogens with one attached hydrogen (secondary N) is 2. The molecule has 0 spiro atoms. The minimum Gasteiger partial charge on any atom is -0.467 e. The first-order chi connectivity index (χ1) is 14.5. The van der Waals surface area contributed by atoms with Gasteiger partial charge in [-0.1, -0.05) is 60.7 Å². The van der Waals surface area contributed by atoms with Gasteiger partial charge in [-0.25, -0.2) is 4.79 Å². The molecular formula is C23H21N3O4. The van der Waals surface area contributed by atoms with Crippen LogP contribution in [0.2, 0.25) is 0 Å². The fraction of sp³-hybridized carbons (Fsp3) is 0.174. The third-order valence-electron chi connectivity index (χ3n) is 5.17. The Balaban J connectivity index is 1.62. The number of hydrogen-bond acceptors (Lipinski definition) is 4. The van der Waals surface area contributed by atoms with Gasteiger partial charge in [-0.3, -0.25) is 14.5 Å². The number of carbonyl (C=O) groups excluding carboxylic acids is 3. The highest BCUT2D eigenvalue weighted by molar-refractivity contribution is 6.11. The van der Waals surface area contributed by atoms with Crippen LogP contribution in [0.15, 0.2) is 83.5 Å². The van der Waals surface area contributed by atoms with E-state index in [0.29, 0.717) is 16.9 Å². The Kier molecular flexibility index (Phi) is 5.10. The smallest absolute Gasteiger partial charge is 0.326 e. The van der Waals surface area contributed by atoms with E-state index in [2.05, 4.69) is 10.6 Å². The fourth-order valence-electron chi connectivity index (χ4n) is 3.69. The van der Waals surface area contributed by atoms with Crippen molar-refractivity contribution in [3.8, 4) is 0 Å². The molecule has 1 saturated heterocycles. The second-order valence-electron chi connectivity index (χ2n) is 7.11. The summed E-state index contributed by atoms with van der Waals surface area (Å²) in [5.41, 5.74) is -0.130. The van der Waals surface area contributed by atoms with Crippen LogP contribution >= 0.6 is 0 Å². The number of rotatable bonds is 6. The molecule has 0 bridgehead atoms. The number of imide groups is 1. The van der Waals surface area contributed by atoms with Crippen LogP contribution < -0.4 is 10.6 Å². The molecule has 4 rings (SSSR count). The van der Waals surface area contributed by atoms with E-state index < -0.39 is 29.9 Å². The maximum Gasteiger partial charge on any atom is 0.326 e. The molecule has 1 fully saturated rings. The zero-order chi connectivity index (χ0) is 21.1. The predicted octanol–water partition coefficient (Wildman–Crippen LogP) is 2.95. The van der Waals surface area contributed by atoms with Gasteiger partial charge in [-0.2, -0.15) is 0 Å². The SMILES string of the molecule is C[C@H](NC(=O)CN1C(=O)NC(c2ccccc2)(c2ccccc2)C1=O)c1ccco1. The zero-order valence-electron chi connectivity index (χ0n) is 16.4. The van der Waals surface area contributed by atoms with E-state index in [-0.39, 0.29) is 6.04 Å². The first-order valence-corrected chi connectivity index (χ1v) is 9.60. The highest BCUT2D eigenvalue weighted by Crippen LogP contribution is 2.35. The summed E-state index contributed by atoms with van der Waals surface area (Å²) in [6.45, 7) is 1.37. The summed E-state index contributed by atoms with van der Waals surface area (Å²) in [6.07, 6.45) is 1.52. The van der Waals surface area contributed by atoms with Gasteiger partial charge >= 0.3 is 6.03 Å². The van der Waals surface area contributed by atoms with Crippen LogP contribution in [0.3, 0.4) is 0 Å². The van der Waals surface area contributed by atoms with Gasteiger partial charge in [-0.05, 0) is 30.2 Å². The monoisotopic (exact) mass is 403 g/mol. The highest BCUT2D eigenvalue weighted by atomic mass is 16.3. The molecule has 1 aliphatic rings. The van der Waals surface area contributed by atoms with E-state index in [9.17, 15) is 14.4 Å². The highest BCUT2D eigenvalue weighted by Gasteiger charge is 2.54. The zero-order valence-corrected chi connectivity index (χ0v) is 16.4. The minimum absolute atomic E-state index is 0.388. The number of amides is 4. The van der Waals surface area contributed by atoms with E-state index >= 15 is 0 Å². The number of benzene rings is 2. The van der Waals surface area contributed by atoms with Crippen LogP contribution in [0.5, 0.6) is 0 Å². The van der Waals surface area contributed by atoms with E-state index in [1.165, 1.54) is 6.26 Å². The lowest BCUT2D eigenvalue weighted by Crippen LogP contribution is -2.46. The largest absolute Gasteiger partial charge is 0.467 e. The van der Waals surface area contributed by atoms with Crippen molar-refractivity contribution in [2.24, 2.45) is 0 Å². The van der Waals surface area contributed by atoms with Crippen molar-refractivity contribution in [2.45, 2.75) is 18.5 Å². The van der Waals surface area contributed by atoms with Crippen molar-refractivity contribution in [1.82, 2.24) is 15.5 Å². The molecule has 2 N–H and O–H groups in total. The lowest BCUT2D eigenvalue weighted by atomic mass is 9.82. The summed E-state index contributed by atoms with van der Waals surface area (Å²) >= 11 is 0. The van der Waals surface area contributed by atoms with Crippen molar-refractivity contribution < 1.29 is 18.8 Å². The standard InChI is InChI=1S/C23H21N3O4/c1-16(19-13-8-14-30-19)24-20(27)15-26-21(28)23(25-22(26)29,17-9-4-2-5-10-17)18-11-6-3-7-12-18/h2-14,16H,15H2,1H3,(H,24,27)(H,25,29)/t16-/m0/s1. The van der Waals surface area contributed by atoms with Crippen molar-refractivity contribution >= 4 is 17.8 Å². The van der Waals surface area contributed by atoms with Crippen LogP contribution in [0.25, 0.3) is 0 Å². The second kappa shape index (κ2) is 7.87. The van der Waals surface area contributed by atoms with Gasteiger partial charge < -0.3 is 15.1 Å². The summed E-state index contributed by atoms with van der Waals surface area (Å²) in [5, 5.41) is 5.58. The second-order valence-corrected chi connectivity index (χ2v) is 7.11. The van der Waals surface area contributed by atoms with Crippen molar-refractivity contribution in [1.29, 1.82) is 0 Å². The van der Waals surface area contributed by atoms with Gasteiger partial charge in [0.15, 0.2) is 5.54 Å². The summed E-state index contributed by atoms with van der Waals surface area (Å²) in [5.74, 6) is -0.367. The molecular weight excluding hydrogens is 382 g/mol. The maximum atomic E-state index is 13.5. The summed E-state index contributed by atoms with van der Waals surface area (Å²) in [6, 6.07) is 20.5. The number of carbonyl (C=O) groups is 3. The molecule has 4 amide bonds. The van der Waals surface area contributed by atoms with Gasteiger partial charge in [0.25, 0.3) is 5.91 Å². The molecule has 3 aromatic rings. The summed E-state index contributed by atoms with van der Waals surface area (Å²) in [4.78, 5) is 39.8. The van der Waals surface area contributed by atoms with Crippen LogP contribution in [-0.2, 0) is 15.1 Å². The molecule has 0 saturated carbocycles. The van der Waals surface area contributed by atoms with Crippen LogP contribution in [0.1, 0.15) is 29.9 Å². The van der Waals surface area contributed by atoms with Gasteiger partial charge in [0.05, 0.1) is 12.3 Å². The van der Waals surface area contributed by atoms with E-state index in [1.807, 2.05) is 12.1 Å². The van der Waals surface area contributed by atoms with Crippen molar-refractivity contribution in [2.75, 3.05) is 6.54 Å². The van der Waals surface area contributed by atoms with Crippen LogP contribution in [0.4, 0.5) is 4.79 Å². The average molecular weight is 403 g/mol. The normalized spacial score (nSPS) is 16.2. The molecule has 0 radical (unpaired) electrons. The summed E-state index contributed by atoms with van der Waals surface area (Å²) in [7, 11) is 0. The van der Waals surface area contributed by atoms with Gasteiger partial charge in [0.1, 0.15) is 12.3 Å². The maximum absolute atomic E-state index is 13.5. The Labute approximate surface area is 173 Å². The lowest BCUT2D eigenvalue weighted by Gasteiger charge is -2.28. The Bertz CT molecular complexity index is 1010.